The van der Waals surface area contributed by atoms with Crippen LogP contribution in [0.5, 0.6) is 0 Å². The minimum absolute atomic E-state index is 0.220. The first-order valence-corrected chi connectivity index (χ1v) is 10.8. The zero-order valence-electron chi connectivity index (χ0n) is 17.9. The maximum absolute atomic E-state index is 13.4. The maximum atomic E-state index is 13.4. The summed E-state index contributed by atoms with van der Waals surface area (Å²) in [6.07, 6.45) is -0.703. The van der Waals surface area contributed by atoms with Gasteiger partial charge in [0.2, 0.25) is 0 Å². The molecule has 2 heterocycles. The lowest BCUT2D eigenvalue weighted by Crippen LogP contribution is -2.38. The molecule has 10 heteroatoms. The number of aryl methyl sites for hydroxylation is 1. The second-order valence-corrected chi connectivity index (χ2v) is 8.03. The zero-order chi connectivity index (χ0) is 22.7. The van der Waals surface area contributed by atoms with E-state index >= 15 is 0 Å². The molecule has 1 fully saturated rings. The summed E-state index contributed by atoms with van der Waals surface area (Å²) in [4.78, 5) is 31.6. The van der Waals surface area contributed by atoms with Crippen molar-refractivity contribution in [3.63, 3.8) is 0 Å². The third kappa shape index (κ3) is 4.81. The summed E-state index contributed by atoms with van der Waals surface area (Å²) in [5.74, 6) is 0.473. The number of carbonyl (C=O) groups is 1. The molecule has 0 bridgehead atoms. The summed E-state index contributed by atoms with van der Waals surface area (Å²) >= 11 is 12.4. The lowest BCUT2D eigenvalue weighted by molar-refractivity contribution is 0.0614. The van der Waals surface area contributed by atoms with Crippen LogP contribution in [-0.4, -0.2) is 59.5 Å². The SMILES string of the molecule is CCO[C@H]1CN(C(=O)OC)CC1Nc1c(C)nc(-c2ccc(Cl)cc2Cl)n(CC)c1=O. The fourth-order valence-electron chi connectivity index (χ4n) is 3.76. The lowest BCUT2D eigenvalue weighted by Gasteiger charge is -2.22. The van der Waals surface area contributed by atoms with Gasteiger partial charge in [0, 0.05) is 30.3 Å². The molecule has 8 nitrogen and oxygen atoms in total. The quantitative estimate of drug-likeness (QED) is 0.693. The average Bonchev–Trinajstić information content (AvgIpc) is 3.13. The van der Waals surface area contributed by atoms with Crippen molar-refractivity contribution >= 4 is 35.0 Å². The minimum Gasteiger partial charge on any atom is -0.453 e. The van der Waals surface area contributed by atoms with Gasteiger partial charge in [0.1, 0.15) is 11.5 Å². The number of benzene rings is 1. The Hall–Kier alpha value is -2.29. The highest BCUT2D eigenvalue weighted by molar-refractivity contribution is 6.36. The van der Waals surface area contributed by atoms with Crippen LogP contribution in [0.3, 0.4) is 0 Å². The first kappa shape index (κ1) is 23.4. The van der Waals surface area contributed by atoms with Gasteiger partial charge in [0.15, 0.2) is 0 Å². The van der Waals surface area contributed by atoms with E-state index in [1.54, 1.807) is 34.6 Å². The molecule has 0 aliphatic carbocycles. The molecule has 2 atom stereocenters. The molecular formula is C21H26Cl2N4O4. The third-order valence-corrected chi connectivity index (χ3v) is 5.80. The molecule has 168 valence electrons. The molecule has 0 saturated carbocycles. The third-order valence-electron chi connectivity index (χ3n) is 5.25. The number of nitrogens with zero attached hydrogens (tertiary/aromatic N) is 3. The van der Waals surface area contributed by atoms with Gasteiger partial charge in [-0.15, -0.1) is 0 Å². The molecule has 0 radical (unpaired) electrons. The number of ether oxygens (including phenoxy) is 2. The number of halogens is 2. The molecular weight excluding hydrogens is 443 g/mol. The van der Waals surface area contributed by atoms with Gasteiger partial charge in [-0.05, 0) is 39.0 Å². The summed E-state index contributed by atoms with van der Waals surface area (Å²) in [6, 6.07) is 4.81. The molecule has 1 aliphatic rings. The average molecular weight is 469 g/mol. The number of hydrogen-bond acceptors (Lipinski definition) is 6. The van der Waals surface area contributed by atoms with Crippen LogP contribution in [0.1, 0.15) is 19.5 Å². The van der Waals surface area contributed by atoms with Crippen LogP contribution in [0.15, 0.2) is 23.0 Å². The predicted octanol–water partition coefficient (Wildman–Crippen LogP) is 3.81. The van der Waals surface area contributed by atoms with Gasteiger partial charge in [-0.2, -0.15) is 0 Å². The van der Waals surface area contributed by atoms with Gasteiger partial charge < -0.3 is 19.7 Å². The van der Waals surface area contributed by atoms with Crippen molar-refractivity contribution in [3.05, 3.63) is 44.3 Å². The Labute approximate surface area is 191 Å². The number of amides is 1. The van der Waals surface area contributed by atoms with Crippen molar-refractivity contribution in [3.8, 4) is 11.4 Å². The predicted molar refractivity (Wildman–Crippen MR) is 121 cm³/mol. The van der Waals surface area contributed by atoms with Gasteiger partial charge >= 0.3 is 6.09 Å². The Kier molecular flexibility index (Phi) is 7.46. The van der Waals surface area contributed by atoms with E-state index in [-0.39, 0.29) is 17.7 Å². The fraction of sp³-hybridized carbons (Fsp3) is 0.476. The molecule has 1 unspecified atom stereocenters. The molecule has 1 aliphatic heterocycles. The largest absolute Gasteiger partial charge is 0.453 e. The normalized spacial score (nSPS) is 18.3. The number of carbonyl (C=O) groups excluding carboxylic acids is 1. The Morgan fingerprint density at radius 3 is 2.65 bits per heavy atom. The van der Waals surface area contributed by atoms with Crippen LogP contribution in [-0.2, 0) is 16.0 Å². The first-order chi connectivity index (χ1) is 14.8. The lowest BCUT2D eigenvalue weighted by atomic mass is 10.1. The molecule has 1 aromatic heterocycles. The van der Waals surface area contributed by atoms with E-state index in [0.29, 0.717) is 59.1 Å². The summed E-state index contributed by atoms with van der Waals surface area (Å²) in [5.41, 5.74) is 1.31. The topological polar surface area (TPSA) is 85.7 Å². The Morgan fingerprint density at radius 1 is 1.29 bits per heavy atom. The van der Waals surface area contributed by atoms with Crippen LogP contribution in [0.25, 0.3) is 11.4 Å². The van der Waals surface area contributed by atoms with Crippen molar-refractivity contribution in [2.45, 2.75) is 39.5 Å². The molecule has 0 spiro atoms. The number of hydrogen-bond donors (Lipinski definition) is 1. The van der Waals surface area contributed by atoms with Gasteiger partial charge in [0.25, 0.3) is 5.56 Å². The van der Waals surface area contributed by atoms with Crippen molar-refractivity contribution in [1.82, 2.24) is 14.5 Å². The monoisotopic (exact) mass is 468 g/mol. The second kappa shape index (κ2) is 9.89. The van der Waals surface area contributed by atoms with Crippen LogP contribution < -0.4 is 10.9 Å². The van der Waals surface area contributed by atoms with E-state index in [4.69, 9.17) is 32.7 Å². The number of rotatable bonds is 6. The van der Waals surface area contributed by atoms with Gasteiger partial charge in [-0.3, -0.25) is 9.36 Å². The van der Waals surface area contributed by atoms with Crippen molar-refractivity contribution < 1.29 is 14.3 Å². The van der Waals surface area contributed by atoms with Crippen LogP contribution in [0, 0.1) is 6.92 Å². The molecule has 3 rings (SSSR count). The van der Waals surface area contributed by atoms with E-state index in [1.165, 1.54) is 7.11 Å². The number of likely N-dealkylation sites (tertiary alicyclic amines) is 1. The van der Waals surface area contributed by atoms with Gasteiger partial charge in [-0.25, -0.2) is 9.78 Å². The number of nitrogens with one attached hydrogen (secondary N) is 1. The summed E-state index contributed by atoms with van der Waals surface area (Å²) in [7, 11) is 1.34. The highest BCUT2D eigenvalue weighted by Crippen LogP contribution is 2.30. The molecule has 31 heavy (non-hydrogen) atoms. The first-order valence-electron chi connectivity index (χ1n) is 10.1. The van der Waals surface area contributed by atoms with E-state index in [1.807, 2.05) is 13.8 Å². The smallest absolute Gasteiger partial charge is 0.409 e. The summed E-state index contributed by atoms with van der Waals surface area (Å²) in [6.45, 7) is 7.15. The van der Waals surface area contributed by atoms with Crippen molar-refractivity contribution in [2.24, 2.45) is 0 Å². The van der Waals surface area contributed by atoms with Crippen LogP contribution in [0.2, 0.25) is 10.0 Å². The Balaban J connectivity index is 1.99. The molecule has 1 saturated heterocycles. The van der Waals surface area contributed by atoms with Gasteiger partial charge in [-0.1, -0.05) is 23.2 Å². The number of anilines is 1. The number of methoxy groups -OCH3 is 1. The van der Waals surface area contributed by atoms with E-state index in [0.717, 1.165) is 0 Å². The minimum atomic E-state index is -0.428. The molecule has 1 amide bonds. The van der Waals surface area contributed by atoms with E-state index < -0.39 is 6.09 Å². The number of aromatic nitrogens is 2. The van der Waals surface area contributed by atoms with E-state index in [9.17, 15) is 9.59 Å². The maximum Gasteiger partial charge on any atom is 0.409 e. The van der Waals surface area contributed by atoms with Crippen LogP contribution >= 0.6 is 23.2 Å². The Bertz CT molecular complexity index is 1030. The van der Waals surface area contributed by atoms with Crippen LogP contribution in [0.4, 0.5) is 10.5 Å². The second-order valence-electron chi connectivity index (χ2n) is 7.19. The molecule has 1 N–H and O–H groups in total. The van der Waals surface area contributed by atoms with E-state index in [2.05, 4.69) is 10.3 Å². The van der Waals surface area contributed by atoms with Gasteiger partial charge in [0.05, 0.1) is 36.5 Å². The highest BCUT2D eigenvalue weighted by atomic mass is 35.5. The highest BCUT2D eigenvalue weighted by Gasteiger charge is 2.37. The summed E-state index contributed by atoms with van der Waals surface area (Å²) < 4.78 is 12.2. The van der Waals surface area contributed by atoms with Crippen molar-refractivity contribution in [1.29, 1.82) is 0 Å². The summed E-state index contributed by atoms with van der Waals surface area (Å²) in [5, 5.41) is 4.20. The zero-order valence-corrected chi connectivity index (χ0v) is 19.5. The standard InChI is InChI=1S/C21H26Cl2N4O4/c1-5-27-19(14-8-7-13(22)9-15(14)23)24-12(3)18(20(27)28)25-16-10-26(21(29)30-4)11-17(16)31-6-2/h7-9,16-17,25H,5-6,10-11H2,1-4H3/t16?,17-/m0/s1. The Morgan fingerprint density at radius 2 is 2.03 bits per heavy atom. The molecule has 1 aromatic carbocycles. The molecule has 2 aromatic rings. The fourth-order valence-corrected chi connectivity index (χ4v) is 4.25. The van der Waals surface area contributed by atoms with Crippen molar-refractivity contribution in [2.75, 3.05) is 32.1 Å².